The molecule has 0 saturated carbocycles. The number of benzene rings is 1. The molecule has 1 aliphatic rings. The Hall–Kier alpha value is -1.77. The molecule has 0 unspecified atom stereocenters. The second-order valence-electron chi connectivity index (χ2n) is 6.55. The second kappa shape index (κ2) is 5.31. The number of nitrogens with zero attached hydrogens (tertiary/aromatic N) is 1. The summed E-state index contributed by atoms with van der Waals surface area (Å²) in [7, 11) is 0. The lowest BCUT2D eigenvalue weighted by Gasteiger charge is -2.32. The third kappa shape index (κ3) is 3.03. The Kier molecular flexibility index (Phi) is 3.89. The molecule has 20 heavy (non-hydrogen) atoms. The normalized spacial score (nSPS) is 16.0. The van der Waals surface area contributed by atoms with E-state index in [1.54, 1.807) is 6.07 Å². The molecule has 1 amide bonds. The smallest absolute Gasteiger partial charge is 0.254 e. The van der Waals surface area contributed by atoms with Gasteiger partial charge in [0.05, 0.1) is 0 Å². The lowest BCUT2D eigenvalue weighted by Crippen LogP contribution is -2.36. The van der Waals surface area contributed by atoms with Crippen LogP contribution in [-0.2, 0) is 0 Å². The number of anilines is 1. The van der Waals surface area contributed by atoms with Gasteiger partial charge in [-0.2, -0.15) is 0 Å². The number of nitrogen functional groups attached to an aromatic ring is 1. The van der Waals surface area contributed by atoms with Crippen LogP contribution in [0.4, 0.5) is 5.69 Å². The zero-order valence-electron chi connectivity index (χ0n) is 12.9. The van der Waals surface area contributed by atoms with Gasteiger partial charge >= 0.3 is 0 Å². The van der Waals surface area contributed by atoms with Gasteiger partial charge in [-0.15, -0.1) is 0 Å². The number of carbonyl (C=O) groups excluding carboxylic acids is 1. The fraction of sp³-hybridized carbons (Fsp3) is 0.471. The van der Waals surface area contributed by atoms with E-state index in [-0.39, 0.29) is 11.3 Å². The molecule has 0 aliphatic carbocycles. The molecule has 1 aliphatic heterocycles. The van der Waals surface area contributed by atoms with E-state index in [0.717, 1.165) is 24.1 Å². The number of amides is 1. The third-order valence-electron chi connectivity index (χ3n) is 3.94. The maximum atomic E-state index is 12.5. The lowest BCUT2D eigenvalue weighted by atomic mass is 9.83. The Labute approximate surface area is 121 Å². The van der Waals surface area contributed by atoms with Gasteiger partial charge in [0.1, 0.15) is 0 Å². The van der Waals surface area contributed by atoms with Gasteiger partial charge in [0.25, 0.3) is 5.91 Å². The zero-order chi connectivity index (χ0) is 14.9. The molecule has 0 spiro atoms. The quantitative estimate of drug-likeness (QED) is 0.629. The average molecular weight is 272 g/mol. The molecule has 3 nitrogen and oxygen atoms in total. The van der Waals surface area contributed by atoms with Crippen LogP contribution in [0.1, 0.15) is 43.1 Å². The second-order valence-corrected chi connectivity index (χ2v) is 6.55. The zero-order valence-corrected chi connectivity index (χ0v) is 12.9. The summed E-state index contributed by atoms with van der Waals surface area (Å²) < 4.78 is 0. The van der Waals surface area contributed by atoms with Crippen molar-refractivity contribution < 1.29 is 4.79 Å². The van der Waals surface area contributed by atoms with Crippen LogP contribution in [0, 0.1) is 12.3 Å². The molecule has 1 aromatic carbocycles. The maximum absolute atomic E-state index is 12.5. The first-order valence-electron chi connectivity index (χ1n) is 7.14. The summed E-state index contributed by atoms with van der Waals surface area (Å²) in [5.41, 5.74) is 9.78. The fourth-order valence-electron chi connectivity index (χ4n) is 2.63. The number of nitrogens with two attached hydrogens (primary N) is 1. The van der Waals surface area contributed by atoms with Crippen molar-refractivity contribution in [3.8, 4) is 0 Å². The average Bonchev–Trinajstić information content (AvgIpc) is 2.37. The Morgan fingerprint density at radius 1 is 1.30 bits per heavy atom. The highest BCUT2D eigenvalue weighted by molar-refractivity contribution is 5.96. The molecule has 1 heterocycles. The highest BCUT2D eigenvalue weighted by atomic mass is 16.2. The lowest BCUT2D eigenvalue weighted by molar-refractivity contribution is 0.0764. The molecule has 0 fully saturated rings. The number of hydrogen-bond donors (Lipinski definition) is 1. The first-order valence-corrected chi connectivity index (χ1v) is 7.14. The standard InChI is InChI=1S/C17H24N2O/c1-12-11-14(18)5-6-15(12)16(20)19-9-7-13(8-10-19)17(2,3)4/h5-7,11H,8-10,18H2,1-4H3. The molecule has 0 bridgehead atoms. The summed E-state index contributed by atoms with van der Waals surface area (Å²) in [6.45, 7) is 10.1. The van der Waals surface area contributed by atoms with Crippen molar-refractivity contribution in [3.05, 3.63) is 41.0 Å². The number of rotatable bonds is 1. The van der Waals surface area contributed by atoms with Crippen LogP contribution in [0.15, 0.2) is 29.8 Å². The van der Waals surface area contributed by atoms with E-state index in [1.807, 2.05) is 24.0 Å². The van der Waals surface area contributed by atoms with Gasteiger partial charge in [-0.1, -0.05) is 32.4 Å². The predicted octanol–water partition coefficient (Wildman–Crippen LogP) is 3.40. The van der Waals surface area contributed by atoms with Gasteiger partial charge in [0.2, 0.25) is 0 Å². The van der Waals surface area contributed by atoms with Gasteiger partial charge in [-0.3, -0.25) is 4.79 Å². The maximum Gasteiger partial charge on any atom is 0.254 e. The van der Waals surface area contributed by atoms with Gasteiger partial charge < -0.3 is 10.6 Å². The summed E-state index contributed by atoms with van der Waals surface area (Å²) in [5, 5.41) is 0. The van der Waals surface area contributed by atoms with Crippen molar-refractivity contribution >= 4 is 11.6 Å². The Morgan fingerprint density at radius 2 is 2.00 bits per heavy atom. The van der Waals surface area contributed by atoms with Gasteiger partial charge in [0, 0.05) is 24.3 Å². The van der Waals surface area contributed by atoms with Crippen LogP contribution in [0.5, 0.6) is 0 Å². The number of hydrogen-bond acceptors (Lipinski definition) is 2. The van der Waals surface area contributed by atoms with Crippen molar-refractivity contribution in [1.82, 2.24) is 4.90 Å². The first-order chi connectivity index (χ1) is 9.29. The summed E-state index contributed by atoms with van der Waals surface area (Å²) in [6.07, 6.45) is 3.16. The van der Waals surface area contributed by atoms with Crippen molar-refractivity contribution in [2.75, 3.05) is 18.8 Å². The number of carbonyl (C=O) groups is 1. The summed E-state index contributed by atoms with van der Waals surface area (Å²) in [6, 6.07) is 5.48. The molecular weight excluding hydrogens is 248 g/mol. The SMILES string of the molecule is Cc1cc(N)ccc1C(=O)N1CC=C(C(C)(C)C)CC1. The fourth-order valence-corrected chi connectivity index (χ4v) is 2.63. The van der Waals surface area contributed by atoms with Crippen LogP contribution in [-0.4, -0.2) is 23.9 Å². The van der Waals surface area contributed by atoms with E-state index in [2.05, 4.69) is 26.8 Å². The van der Waals surface area contributed by atoms with Gasteiger partial charge in [-0.25, -0.2) is 0 Å². The molecule has 0 atom stereocenters. The summed E-state index contributed by atoms with van der Waals surface area (Å²) >= 11 is 0. The first kappa shape index (κ1) is 14.6. The van der Waals surface area contributed by atoms with Crippen LogP contribution >= 0.6 is 0 Å². The van der Waals surface area contributed by atoms with E-state index in [0.29, 0.717) is 12.2 Å². The third-order valence-corrected chi connectivity index (χ3v) is 3.94. The summed E-state index contributed by atoms with van der Waals surface area (Å²) in [5.74, 6) is 0.103. The van der Waals surface area contributed by atoms with E-state index in [4.69, 9.17) is 5.73 Å². The van der Waals surface area contributed by atoms with Crippen molar-refractivity contribution in [3.63, 3.8) is 0 Å². The molecule has 2 N–H and O–H groups in total. The number of aryl methyl sites for hydroxylation is 1. The van der Waals surface area contributed by atoms with Crippen LogP contribution in [0.2, 0.25) is 0 Å². The van der Waals surface area contributed by atoms with E-state index in [1.165, 1.54) is 5.57 Å². The van der Waals surface area contributed by atoms with Crippen molar-refractivity contribution in [2.24, 2.45) is 5.41 Å². The molecule has 108 valence electrons. The molecular formula is C17H24N2O. The van der Waals surface area contributed by atoms with Gasteiger partial charge in [0.15, 0.2) is 0 Å². The van der Waals surface area contributed by atoms with Crippen LogP contribution in [0.25, 0.3) is 0 Å². The van der Waals surface area contributed by atoms with Gasteiger partial charge in [-0.05, 0) is 42.5 Å². The van der Waals surface area contributed by atoms with E-state index >= 15 is 0 Å². The largest absolute Gasteiger partial charge is 0.399 e. The van der Waals surface area contributed by atoms with E-state index in [9.17, 15) is 4.79 Å². The predicted molar refractivity (Wildman–Crippen MR) is 83.6 cm³/mol. The monoisotopic (exact) mass is 272 g/mol. The highest BCUT2D eigenvalue weighted by Crippen LogP contribution is 2.30. The Bertz CT molecular complexity index is 553. The highest BCUT2D eigenvalue weighted by Gasteiger charge is 2.24. The van der Waals surface area contributed by atoms with Crippen molar-refractivity contribution in [2.45, 2.75) is 34.1 Å². The molecule has 0 aromatic heterocycles. The Balaban J connectivity index is 2.14. The minimum Gasteiger partial charge on any atom is -0.399 e. The molecule has 3 heteroatoms. The van der Waals surface area contributed by atoms with E-state index < -0.39 is 0 Å². The van der Waals surface area contributed by atoms with Crippen LogP contribution < -0.4 is 5.73 Å². The topological polar surface area (TPSA) is 46.3 Å². The van der Waals surface area contributed by atoms with Crippen LogP contribution in [0.3, 0.4) is 0 Å². The summed E-state index contributed by atoms with van der Waals surface area (Å²) in [4.78, 5) is 14.5. The van der Waals surface area contributed by atoms with Crippen molar-refractivity contribution in [1.29, 1.82) is 0 Å². The minimum atomic E-state index is 0.103. The minimum absolute atomic E-state index is 0.103. The molecule has 0 radical (unpaired) electrons. The molecule has 0 saturated heterocycles. The molecule has 1 aromatic rings. The Morgan fingerprint density at radius 3 is 2.50 bits per heavy atom. The molecule has 2 rings (SSSR count).